The number of nitrogens with zero attached hydrogens (tertiary/aromatic N) is 4. The Kier molecular flexibility index (Phi) is 4.92. The standard InChI is InChI=1S/C21H24N6O2/c1-4-26-14(3)19(13(2)24-26)23-21(29)17-12-18(22-20(28)15-10-11-15)27(25-17)16-8-6-5-7-9-16/h5-9,12,15H,4,10-11H2,1-3H3,(H,22,28)(H,23,29). The number of para-hydroxylation sites is 1. The SMILES string of the molecule is CCn1nc(C)c(NC(=O)c2cc(NC(=O)C3CC3)n(-c3ccccc3)n2)c1C. The molecule has 0 unspecified atom stereocenters. The van der Waals surface area contributed by atoms with Gasteiger partial charge >= 0.3 is 0 Å². The third kappa shape index (κ3) is 3.78. The molecular weight excluding hydrogens is 368 g/mol. The molecule has 0 saturated heterocycles. The van der Waals surface area contributed by atoms with Crippen LogP contribution in [0.4, 0.5) is 11.5 Å². The van der Waals surface area contributed by atoms with Crippen molar-refractivity contribution in [1.82, 2.24) is 19.6 Å². The van der Waals surface area contributed by atoms with Crippen LogP contribution in [0.25, 0.3) is 5.69 Å². The molecular formula is C21H24N6O2. The summed E-state index contributed by atoms with van der Waals surface area (Å²) in [5.74, 6) is 0.154. The van der Waals surface area contributed by atoms with Crippen molar-refractivity contribution in [3.8, 4) is 5.69 Å². The van der Waals surface area contributed by atoms with Gasteiger partial charge in [0.25, 0.3) is 5.91 Å². The van der Waals surface area contributed by atoms with Gasteiger partial charge in [-0.1, -0.05) is 18.2 Å². The molecule has 0 radical (unpaired) electrons. The molecule has 2 amide bonds. The van der Waals surface area contributed by atoms with Crippen LogP contribution in [-0.4, -0.2) is 31.4 Å². The third-order valence-electron chi connectivity index (χ3n) is 5.06. The number of carbonyl (C=O) groups is 2. The quantitative estimate of drug-likeness (QED) is 0.673. The van der Waals surface area contributed by atoms with Crippen molar-refractivity contribution >= 4 is 23.3 Å². The summed E-state index contributed by atoms with van der Waals surface area (Å²) in [6, 6.07) is 11.0. The molecule has 29 heavy (non-hydrogen) atoms. The molecule has 0 bridgehead atoms. The zero-order chi connectivity index (χ0) is 20.5. The van der Waals surface area contributed by atoms with Gasteiger partial charge in [-0.2, -0.15) is 10.2 Å². The van der Waals surface area contributed by atoms with Crippen molar-refractivity contribution in [3.63, 3.8) is 0 Å². The van der Waals surface area contributed by atoms with Gasteiger partial charge in [-0.25, -0.2) is 4.68 Å². The first kappa shape index (κ1) is 18.9. The van der Waals surface area contributed by atoms with E-state index in [-0.39, 0.29) is 23.4 Å². The molecule has 1 aliphatic carbocycles. The van der Waals surface area contributed by atoms with Crippen LogP contribution in [0.15, 0.2) is 36.4 Å². The number of carbonyl (C=O) groups excluding carboxylic acids is 2. The van der Waals surface area contributed by atoms with E-state index in [4.69, 9.17) is 0 Å². The molecule has 0 spiro atoms. The van der Waals surface area contributed by atoms with Gasteiger partial charge in [-0.05, 0) is 45.7 Å². The van der Waals surface area contributed by atoms with Crippen LogP contribution in [-0.2, 0) is 11.3 Å². The lowest BCUT2D eigenvalue weighted by molar-refractivity contribution is -0.117. The van der Waals surface area contributed by atoms with E-state index in [9.17, 15) is 9.59 Å². The topological polar surface area (TPSA) is 93.8 Å². The first-order valence-corrected chi connectivity index (χ1v) is 9.79. The van der Waals surface area contributed by atoms with E-state index in [0.717, 1.165) is 36.5 Å². The summed E-state index contributed by atoms with van der Waals surface area (Å²) in [7, 11) is 0. The van der Waals surface area contributed by atoms with Gasteiger partial charge in [-0.15, -0.1) is 0 Å². The summed E-state index contributed by atoms with van der Waals surface area (Å²) in [6.45, 7) is 6.51. The van der Waals surface area contributed by atoms with Gasteiger partial charge in [0, 0.05) is 18.5 Å². The molecule has 1 fully saturated rings. The smallest absolute Gasteiger partial charge is 0.276 e. The summed E-state index contributed by atoms with van der Waals surface area (Å²) < 4.78 is 3.43. The number of aromatic nitrogens is 4. The van der Waals surface area contributed by atoms with Crippen molar-refractivity contribution in [3.05, 3.63) is 53.5 Å². The molecule has 8 nitrogen and oxygen atoms in total. The van der Waals surface area contributed by atoms with Gasteiger partial charge < -0.3 is 10.6 Å². The lowest BCUT2D eigenvalue weighted by atomic mass is 10.3. The molecule has 4 rings (SSSR count). The van der Waals surface area contributed by atoms with E-state index in [0.29, 0.717) is 11.5 Å². The summed E-state index contributed by atoms with van der Waals surface area (Å²) in [5, 5.41) is 14.7. The second-order valence-corrected chi connectivity index (χ2v) is 7.24. The van der Waals surface area contributed by atoms with Gasteiger partial charge in [0.15, 0.2) is 5.69 Å². The molecule has 2 aromatic heterocycles. The van der Waals surface area contributed by atoms with Crippen LogP contribution < -0.4 is 10.6 Å². The second kappa shape index (κ2) is 7.54. The molecule has 150 valence electrons. The number of amides is 2. The van der Waals surface area contributed by atoms with E-state index in [1.807, 2.05) is 55.8 Å². The number of anilines is 2. The maximum absolute atomic E-state index is 12.9. The molecule has 2 N–H and O–H groups in total. The molecule has 8 heteroatoms. The van der Waals surface area contributed by atoms with Crippen LogP contribution >= 0.6 is 0 Å². The fraction of sp³-hybridized carbons (Fsp3) is 0.333. The minimum Gasteiger partial charge on any atom is -0.317 e. The monoisotopic (exact) mass is 392 g/mol. The number of benzene rings is 1. The minimum atomic E-state index is -0.344. The van der Waals surface area contributed by atoms with Gasteiger partial charge in [-0.3, -0.25) is 14.3 Å². The van der Waals surface area contributed by atoms with E-state index in [1.165, 1.54) is 0 Å². The first-order chi connectivity index (χ1) is 14.0. The highest BCUT2D eigenvalue weighted by Crippen LogP contribution is 2.31. The Morgan fingerprint density at radius 3 is 2.45 bits per heavy atom. The Balaban J connectivity index is 1.65. The van der Waals surface area contributed by atoms with Gasteiger partial charge in [0.05, 0.1) is 22.8 Å². The fourth-order valence-corrected chi connectivity index (χ4v) is 3.28. The van der Waals surface area contributed by atoms with E-state index in [2.05, 4.69) is 20.8 Å². The predicted molar refractivity (Wildman–Crippen MR) is 110 cm³/mol. The molecule has 2 heterocycles. The Morgan fingerprint density at radius 1 is 1.10 bits per heavy atom. The van der Waals surface area contributed by atoms with Gasteiger partial charge in [0.1, 0.15) is 5.82 Å². The highest BCUT2D eigenvalue weighted by Gasteiger charge is 2.31. The lowest BCUT2D eigenvalue weighted by Crippen LogP contribution is -2.16. The zero-order valence-corrected chi connectivity index (χ0v) is 16.8. The lowest BCUT2D eigenvalue weighted by Gasteiger charge is -2.08. The molecule has 1 aliphatic rings. The Hall–Kier alpha value is -3.42. The van der Waals surface area contributed by atoms with Crippen LogP contribution in [0.1, 0.15) is 41.6 Å². The number of hydrogen-bond donors (Lipinski definition) is 2. The number of hydrogen-bond acceptors (Lipinski definition) is 4. The highest BCUT2D eigenvalue weighted by molar-refractivity contribution is 6.04. The number of nitrogens with one attached hydrogen (secondary N) is 2. The zero-order valence-electron chi connectivity index (χ0n) is 16.8. The highest BCUT2D eigenvalue weighted by atomic mass is 16.2. The molecule has 0 aliphatic heterocycles. The first-order valence-electron chi connectivity index (χ1n) is 9.79. The molecule has 3 aromatic rings. The minimum absolute atomic E-state index is 0.0371. The third-order valence-corrected chi connectivity index (χ3v) is 5.06. The summed E-state index contributed by atoms with van der Waals surface area (Å²) in [5.41, 5.74) is 3.33. The van der Waals surface area contributed by atoms with Crippen molar-refractivity contribution < 1.29 is 9.59 Å². The fourth-order valence-electron chi connectivity index (χ4n) is 3.28. The Bertz CT molecular complexity index is 1060. The maximum atomic E-state index is 12.9. The maximum Gasteiger partial charge on any atom is 0.276 e. The largest absolute Gasteiger partial charge is 0.317 e. The van der Waals surface area contributed by atoms with E-state index < -0.39 is 0 Å². The summed E-state index contributed by atoms with van der Waals surface area (Å²) >= 11 is 0. The second-order valence-electron chi connectivity index (χ2n) is 7.24. The average Bonchev–Trinajstić information content (AvgIpc) is 3.45. The molecule has 1 saturated carbocycles. The van der Waals surface area contributed by atoms with Crippen molar-refractivity contribution in [2.45, 2.75) is 40.2 Å². The van der Waals surface area contributed by atoms with Crippen LogP contribution in [0.2, 0.25) is 0 Å². The average molecular weight is 392 g/mol. The van der Waals surface area contributed by atoms with Crippen LogP contribution in [0.3, 0.4) is 0 Å². The van der Waals surface area contributed by atoms with E-state index >= 15 is 0 Å². The van der Waals surface area contributed by atoms with Crippen LogP contribution in [0, 0.1) is 19.8 Å². The number of rotatable bonds is 6. The van der Waals surface area contributed by atoms with Crippen molar-refractivity contribution in [2.24, 2.45) is 5.92 Å². The molecule has 1 aromatic carbocycles. The summed E-state index contributed by atoms with van der Waals surface area (Å²) in [6.07, 6.45) is 1.80. The van der Waals surface area contributed by atoms with Crippen LogP contribution in [0.5, 0.6) is 0 Å². The normalized spacial score (nSPS) is 13.3. The Labute approximate surface area is 168 Å². The summed E-state index contributed by atoms with van der Waals surface area (Å²) in [4.78, 5) is 25.2. The number of aryl methyl sites for hydroxylation is 2. The predicted octanol–water partition coefficient (Wildman–Crippen LogP) is 3.31. The van der Waals surface area contributed by atoms with Gasteiger partial charge in [0.2, 0.25) is 5.91 Å². The Morgan fingerprint density at radius 2 is 1.83 bits per heavy atom. The van der Waals surface area contributed by atoms with Crippen molar-refractivity contribution in [1.29, 1.82) is 0 Å². The molecule has 0 atom stereocenters. The van der Waals surface area contributed by atoms with Crippen molar-refractivity contribution in [2.75, 3.05) is 10.6 Å². The van der Waals surface area contributed by atoms with E-state index in [1.54, 1.807) is 10.7 Å².